The van der Waals surface area contributed by atoms with Crippen LogP contribution in [-0.2, 0) is 9.59 Å². The van der Waals surface area contributed by atoms with Crippen LogP contribution in [0.15, 0.2) is 88.7 Å². The van der Waals surface area contributed by atoms with E-state index in [9.17, 15) is 14.0 Å². The average molecular weight is 389 g/mol. The molecular weight excluding hydrogens is 373 g/mol. The highest BCUT2D eigenvalue weighted by atomic mass is 32.2. The maximum Gasteiger partial charge on any atom is 0.273 e. The topological polar surface area (TPSA) is 37.4 Å². The van der Waals surface area contributed by atoms with E-state index >= 15 is 0 Å². The molecule has 3 aromatic carbocycles. The summed E-state index contributed by atoms with van der Waals surface area (Å²) in [5.74, 6) is -1.64. The molecule has 3 aromatic rings. The minimum Gasteiger partial charge on any atom is -0.268 e. The molecule has 0 bridgehead atoms. The van der Waals surface area contributed by atoms with Gasteiger partial charge in [0, 0.05) is 4.90 Å². The Morgan fingerprint density at radius 3 is 2.11 bits per heavy atom. The van der Waals surface area contributed by atoms with Crippen molar-refractivity contribution in [1.82, 2.24) is 0 Å². The van der Waals surface area contributed by atoms with E-state index < -0.39 is 17.6 Å². The third-order valence-corrected chi connectivity index (χ3v) is 5.53. The van der Waals surface area contributed by atoms with Gasteiger partial charge in [-0.05, 0) is 36.8 Å². The summed E-state index contributed by atoms with van der Waals surface area (Å²) in [7, 11) is 0. The van der Waals surface area contributed by atoms with Crippen molar-refractivity contribution in [2.75, 3.05) is 4.90 Å². The first-order valence-electron chi connectivity index (χ1n) is 8.74. The number of aryl methyl sites for hydroxylation is 1. The Balaban J connectivity index is 1.84. The molecule has 0 saturated heterocycles. The summed E-state index contributed by atoms with van der Waals surface area (Å²) >= 11 is 1.22. The molecule has 0 spiro atoms. The second-order valence-electron chi connectivity index (χ2n) is 6.38. The minimum atomic E-state index is -0.613. The molecule has 4 rings (SSSR count). The molecule has 3 nitrogen and oxygen atoms in total. The van der Waals surface area contributed by atoms with Crippen LogP contribution in [-0.4, -0.2) is 11.8 Å². The monoisotopic (exact) mass is 389 g/mol. The van der Waals surface area contributed by atoms with Crippen molar-refractivity contribution >= 4 is 34.8 Å². The fourth-order valence-corrected chi connectivity index (χ4v) is 4.05. The van der Waals surface area contributed by atoms with E-state index in [4.69, 9.17) is 0 Å². The number of imide groups is 1. The summed E-state index contributed by atoms with van der Waals surface area (Å²) in [6, 6.07) is 22.6. The molecule has 0 N–H and O–H groups in total. The quantitative estimate of drug-likeness (QED) is 0.575. The fraction of sp³-hybridized carbons (Fsp3) is 0.0435. The molecule has 5 heteroatoms. The van der Waals surface area contributed by atoms with Gasteiger partial charge in [-0.2, -0.15) is 0 Å². The minimum absolute atomic E-state index is 0.0363. The van der Waals surface area contributed by atoms with Crippen molar-refractivity contribution in [3.63, 3.8) is 0 Å². The second kappa shape index (κ2) is 7.44. The number of carbonyl (C=O) groups excluding carboxylic acids is 2. The maximum absolute atomic E-state index is 14.4. The number of rotatable bonds is 4. The maximum atomic E-state index is 14.4. The van der Waals surface area contributed by atoms with Gasteiger partial charge in [-0.3, -0.25) is 9.59 Å². The zero-order valence-electron chi connectivity index (χ0n) is 15.1. The number of nitrogens with zero attached hydrogens (tertiary/aromatic N) is 1. The number of para-hydroxylation sites is 1. The van der Waals surface area contributed by atoms with Gasteiger partial charge >= 0.3 is 0 Å². The summed E-state index contributed by atoms with van der Waals surface area (Å²) in [5, 5.41) is 0. The molecule has 1 aliphatic heterocycles. The van der Waals surface area contributed by atoms with E-state index in [0.717, 1.165) is 15.4 Å². The van der Waals surface area contributed by atoms with Gasteiger partial charge in [0.05, 0.1) is 16.2 Å². The Hall–Kier alpha value is -3.18. The largest absolute Gasteiger partial charge is 0.273 e. The van der Waals surface area contributed by atoms with Crippen LogP contribution < -0.4 is 4.90 Å². The molecule has 0 aromatic heterocycles. The predicted molar refractivity (Wildman–Crippen MR) is 109 cm³/mol. The Labute approximate surface area is 166 Å². The van der Waals surface area contributed by atoms with Crippen molar-refractivity contribution in [3.8, 4) is 0 Å². The summed E-state index contributed by atoms with van der Waals surface area (Å²) < 4.78 is 14.4. The summed E-state index contributed by atoms with van der Waals surface area (Å²) in [6.07, 6.45) is 0. The Morgan fingerprint density at radius 1 is 0.786 bits per heavy atom. The molecule has 0 aliphatic carbocycles. The number of halogens is 1. The van der Waals surface area contributed by atoms with Crippen LogP contribution in [0.2, 0.25) is 0 Å². The van der Waals surface area contributed by atoms with Gasteiger partial charge in [-0.1, -0.05) is 71.9 Å². The zero-order chi connectivity index (χ0) is 19.7. The van der Waals surface area contributed by atoms with E-state index in [2.05, 4.69) is 0 Å². The summed E-state index contributed by atoms with van der Waals surface area (Å²) in [5.41, 5.74) is 1.94. The Kier molecular flexibility index (Phi) is 4.84. The van der Waals surface area contributed by atoms with Crippen molar-refractivity contribution in [2.45, 2.75) is 11.8 Å². The number of hydrogen-bond donors (Lipinski definition) is 0. The second-order valence-corrected chi connectivity index (χ2v) is 7.47. The Bertz CT molecular complexity index is 1090. The average Bonchev–Trinajstić information content (AvgIpc) is 2.94. The van der Waals surface area contributed by atoms with Gasteiger partial charge in [-0.25, -0.2) is 9.29 Å². The lowest BCUT2D eigenvalue weighted by Gasteiger charge is -2.15. The molecule has 0 radical (unpaired) electrons. The molecule has 0 saturated carbocycles. The van der Waals surface area contributed by atoms with Crippen molar-refractivity contribution in [1.29, 1.82) is 0 Å². The predicted octanol–water partition coefficient (Wildman–Crippen LogP) is 5.21. The van der Waals surface area contributed by atoms with Crippen LogP contribution in [0.4, 0.5) is 10.1 Å². The van der Waals surface area contributed by atoms with Crippen LogP contribution in [0.25, 0.3) is 5.57 Å². The van der Waals surface area contributed by atoms with Gasteiger partial charge in [0.2, 0.25) is 0 Å². The highest BCUT2D eigenvalue weighted by Gasteiger charge is 2.41. The molecular formula is C23H16FNO2S. The van der Waals surface area contributed by atoms with Crippen LogP contribution >= 0.6 is 11.8 Å². The van der Waals surface area contributed by atoms with Crippen molar-refractivity contribution in [2.24, 2.45) is 0 Å². The third-order valence-electron chi connectivity index (χ3n) is 4.44. The van der Waals surface area contributed by atoms with Gasteiger partial charge in [0.1, 0.15) is 5.82 Å². The van der Waals surface area contributed by atoms with E-state index in [-0.39, 0.29) is 5.69 Å². The Morgan fingerprint density at radius 2 is 1.43 bits per heavy atom. The van der Waals surface area contributed by atoms with Gasteiger partial charge in [-0.15, -0.1) is 0 Å². The fourth-order valence-electron chi connectivity index (χ4n) is 3.04. The molecule has 0 fully saturated rings. The van der Waals surface area contributed by atoms with Crippen LogP contribution in [0.5, 0.6) is 0 Å². The number of carbonyl (C=O) groups is 2. The van der Waals surface area contributed by atoms with Crippen LogP contribution in [0.1, 0.15) is 11.1 Å². The normalized spacial score (nSPS) is 14.1. The standard InChI is InChI=1S/C23H16FNO2S/c1-15-11-13-16(14-12-15)20-21(28-17-7-3-2-4-8-17)23(27)25(22(20)26)19-10-6-5-9-18(19)24/h2-14H,1H3. The van der Waals surface area contributed by atoms with Crippen molar-refractivity contribution in [3.05, 3.63) is 101 Å². The number of benzene rings is 3. The molecule has 138 valence electrons. The van der Waals surface area contributed by atoms with Crippen LogP contribution in [0, 0.1) is 12.7 Å². The number of hydrogen-bond acceptors (Lipinski definition) is 3. The van der Waals surface area contributed by atoms with E-state index in [1.54, 1.807) is 6.07 Å². The molecule has 1 aliphatic rings. The zero-order valence-corrected chi connectivity index (χ0v) is 15.9. The molecule has 0 unspecified atom stereocenters. The lowest BCUT2D eigenvalue weighted by atomic mass is 10.0. The van der Waals surface area contributed by atoms with E-state index in [1.165, 1.54) is 30.0 Å². The third kappa shape index (κ3) is 3.25. The first-order valence-corrected chi connectivity index (χ1v) is 9.55. The lowest BCUT2D eigenvalue weighted by molar-refractivity contribution is -0.119. The number of thioether (sulfide) groups is 1. The number of anilines is 1. The summed E-state index contributed by atoms with van der Waals surface area (Å²) in [4.78, 5) is 28.5. The summed E-state index contributed by atoms with van der Waals surface area (Å²) in [6.45, 7) is 1.95. The molecule has 28 heavy (non-hydrogen) atoms. The van der Waals surface area contributed by atoms with E-state index in [1.807, 2.05) is 61.5 Å². The smallest absolute Gasteiger partial charge is 0.268 e. The van der Waals surface area contributed by atoms with Gasteiger partial charge < -0.3 is 0 Å². The van der Waals surface area contributed by atoms with E-state index in [0.29, 0.717) is 16.0 Å². The SMILES string of the molecule is Cc1ccc(C2=C(Sc3ccccc3)C(=O)N(c3ccccc3F)C2=O)cc1. The van der Waals surface area contributed by atoms with Crippen LogP contribution in [0.3, 0.4) is 0 Å². The first-order chi connectivity index (χ1) is 13.6. The highest BCUT2D eigenvalue weighted by Crippen LogP contribution is 2.41. The molecule has 2 amide bonds. The van der Waals surface area contributed by atoms with Gasteiger partial charge in [0.15, 0.2) is 0 Å². The number of amides is 2. The van der Waals surface area contributed by atoms with Gasteiger partial charge in [0.25, 0.3) is 11.8 Å². The highest BCUT2D eigenvalue weighted by molar-refractivity contribution is 8.04. The van der Waals surface area contributed by atoms with Crippen molar-refractivity contribution < 1.29 is 14.0 Å². The molecule has 1 heterocycles. The first kappa shape index (κ1) is 18.2. The molecule has 0 atom stereocenters. The lowest BCUT2D eigenvalue weighted by Crippen LogP contribution is -2.32.